The smallest absolute Gasteiger partial charge is 0.231 e. The molecule has 3 rings (SSSR count). The van der Waals surface area contributed by atoms with E-state index in [0.717, 1.165) is 30.4 Å². The van der Waals surface area contributed by atoms with Gasteiger partial charge in [0.05, 0.1) is 5.97 Å². The van der Waals surface area contributed by atoms with Gasteiger partial charge in [-0.25, -0.2) is 4.98 Å². The van der Waals surface area contributed by atoms with Gasteiger partial charge in [-0.05, 0) is 42.0 Å². The highest BCUT2D eigenvalue weighted by atomic mass is 32.2. The number of fused-ring (bicyclic) bond motifs is 1. The molecule has 2 aromatic rings. The topological polar surface area (TPSA) is 100 Å². The average molecular weight is 332 g/mol. The van der Waals surface area contributed by atoms with Crippen LogP contribution in [0.3, 0.4) is 0 Å². The second kappa shape index (κ2) is 6.74. The largest absolute Gasteiger partial charge is 0.544 e. The summed E-state index contributed by atoms with van der Waals surface area (Å²) in [5.74, 6) is 0.679. The number of H-pyrrole nitrogens is 1. The van der Waals surface area contributed by atoms with Crippen LogP contribution in [0.25, 0.3) is 6.08 Å². The van der Waals surface area contributed by atoms with E-state index in [1.54, 1.807) is 18.2 Å². The van der Waals surface area contributed by atoms with Crippen LogP contribution in [0.1, 0.15) is 24.7 Å². The van der Waals surface area contributed by atoms with Crippen LogP contribution >= 0.6 is 11.8 Å². The molecule has 120 valence electrons. The number of thioether (sulfide) groups is 1. The monoisotopic (exact) mass is 332 g/mol. The number of carbonyl (C=O) groups excluding carboxylic acids is 1. The number of hydrogen-bond donors (Lipinski definition) is 1. The second-order valence-electron chi connectivity index (χ2n) is 4.83. The zero-order chi connectivity index (χ0) is 16.2. The lowest BCUT2D eigenvalue weighted by molar-refractivity contribution is -0.297. The van der Waals surface area contributed by atoms with E-state index in [4.69, 9.17) is 9.47 Å². The SMILES string of the molecule is CCCc1nc(S/C(=C\c2ccc3c(c2)OCO3)C(=O)[O-])n[nH]1. The van der Waals surface area contributed by atoms with Gasteiger partial charge >= 0.3 is 0 Å². The third-order valence-corrected chi connectivity index (χ3v) is 3.96. The van der Waals surface area contributed by atoms with E-state index in [1.807, 2.05) is 6.92 Å². The molecular formula is C15H14N3O4S-. The lowest BCUT2D eigenvalue weighted by Crippen LogP contribution is -2.23. The highest BCUT2D eigenvalue weighted by Crippen LogP contribution is 2.34. The van der Waals surface area contributed by atoms with Crippen LogP contribution in [0.4, 0.5) is 0 Å². The van der Waals surface area contributed by atoms with Crippen molar-refractivity contribution in [3.63, 3.8) is 0 Å². The maximum Gasteiger partial charge on any atom is 0.231 e. The molecule has 8 heteroatoms. The summed E-state index contributed by atoms with van der Waals surface area (Å²) >= 11 is 0.945. The standard InChI is InChI=1S/C15H15N3O4S/c1-2-3-13-16-15(18-17-13)23-12(14(19)20)7-9-4-5-10-11(6-9)22-8-21-10/h4-7H,2-3,8H2,1H3,(H,19,20)(H,16,17,18)/p-1/b12-7-. The van der Waals surface area contributed by atoms with Gasteiger partial charge < -0.3 is 19.4 Å². The van der Waals surface area contributed by atoms with E-state index in [9.17, 15) is 9.90 Å². The average Bonchev–Trinajstić information content (AvgIpc) is 3.15. The molecule has 0 spiro atoms. The van der Waals surface area contributed by atoms with Gasteiger partial charge in [-0.2, -0.15) is 0 Å². The summed E-state index contributed by atoms with van der Waals surface area (Å²) in [4.78, 5) is 15.6. The number of carboxylic acids is 1. The predicted octanol–water partition coefficient (Wildman–Crippen LogP) is 1.37. The Morgan fingerprint density at radius 3 is 3.04 bits per heavy atom. The number of carbonyl (C=O) groups is 1. The molecule has 1 aliphatic heterocycles. The Morgan fingerprint density at radius 1 is 1.43 bits per heavy atom. The molecule has 1 aromatic carbocycles. The maximum absolute atomic E-state index is 11.4. The van der Waals surface area contributed by atoms with Crippen LogP contribution < -0.4 is 14.6 Å². The minimum Gasteiger partial charge on any atom is -0.544 e. The van der Waals surface area contributed by atoms with Gasteiger partial charge in [-0.1, -0.05) is 13.0 Å². The molecule has 0 fully saturated rings. The number of aromatic amines is 1. The van der Waals surface area contributed by atoms with Gasteiger partial charge in [-0.3, -0.25) is 5.10 Å². The summed E-state index contributed by atoms with van der Waals surface area (Å²) < 4.78 is 10.5. The number of hydrogen-bond acceptors (Lipinski definition) is 7. The number of rotatable bonds is 6. The lowest BCUT2D eigenvalue weighted by atomic mass is 10.2. The fourth-order valence-electron chi connectivity index (χ4n) is 2.05. The molecule has 2 heterocycles. The van der Waals surface area contributed by atoms with Crippen molar-refractivity contribution in [3.8, 4) is 11.5 Å². The Morgan fingerprint density at radius 2 is 2.26 bits per heavy atom. The molecule has 0 saturated carbocycles. The Balaban J connectivity index is 1.81. The quantitative estimate of drug-likeness (QED) is 0.630. The zero-order valence-corrected chi connectivity index (χ0v) is 13.2. The Kier molecular flexibility index (Phi) is 4.52. The first-order valence-corrected chi connectivity index (χ1v) is 7.89. The minimum atomic E-state index is -1.28. The van der Waals surface area contributed by atoms with Gasteiger partial charge in [0.1, 0.15) is 5.82 Å². The van der Waals surface area contributed by atoms with Gasteiger partial charge in [0.25, 0.3) is 0 Å². The molecule has 1 aromatic heterocycles. The first kappa shape index (κ1) is 15.4. The number of aryl methyl sites for hydroxylation is 1. The van der Waals surface area contributed by atoms with Gasteiger partial charge in [0.2, 0.25) is 11.9 Å². The van der Waals surface area contributed by atoms with Crippen molar-refractivity contribution in [1.29, 1.82) is 0 Å². The van der Waals surface area contributed by atoms with Gasteiger partial charge in [0.15, 0.2) is 11.5 Å². The molecule has 0 aliphatic carbocycles. The normalized spacial score (nSPS) is 13.3. The zero-order valence-electron chi connectivity index (χ0n) is 12.4. The highest BCUT2D eigenvalue weighted by molar-refractivity contribution is 8.04. The van der Waals surface area contributed by atoms with Crippen LogP contribution in [-0.4, -0.2) is 27.9 Å². The van der Waals surface area contributed by atoms with Crippen molar-refractivity contribution in [2.45, 2.75) is 24.9 Å². The molecule has 0 bridgehead atoms. The summed E-state index contributed by atoms with van der Waals surface area (Å²) in [6.45, 7) is 2.20. The van der Waals surface area contributed by atoms with E-state index in [2.05, 4.69) is 15.2 Å². The second-order valence-corrected chi connectivity index (χ2v) is 5.83. The number of aliphatic carboxylic acids is 1. The molecule has 23 heavy (non-hydrogen) atoms. The van der Waals surface area contributed by atoms with Crippen LogP contribution in [0, 0.1) is 0 Å². The summed E-state index contributed by atoms with van der Waals surface area (Å²) in [6, 6.07) is 5.20. The molecule has 1 N–H and O–H groups in total. The number of nitrogens with zero attached hydrogens (tertiary/aromatic N) is 2. The molecule has 0 amide bonds. The summed E-state index contributed by atoms with van der Waals surface area (Å²) in [5.41, 5.74) is 0.672. The molecule has 0 radical (unpaired) electrons. The third-order valence-electron chi connectivity index (χ3n) is 3.09. The van der Waals surface area contributed by atoms with Crippen molar-refractivity contribution < 1.29 is 19.4 Å². The number of ether oxygens (including phenoxy) is 2. The maximum atomic E-state index is 11.4. The van der Waals surface area contributed by atoms with E-state index in [1.165, 1.54) is 6.08 Å². The first-order valence-electron chi connectivity index (χ1n) is 7.07. The Labute approximate surface area is 136 Å². The molecule has 0 unspecified atom stereocenters. The van der Waals surface area contributed by atoms with E-state index in [-0.39, 0.29) is 11.7 Å². The van der Waals surface area contributed by atoms with Crippen LogP contribution in [-0.2, 0) is 11.2 Å². The number of nitrogens with one attached hydrogen (secondary N) is 1. The van der Waals surface area contributed by atoms with Crippen molar-refractivity contribution >= 4 is 23.8 Å². The van der Waals surface area contributed by atoms with E-state index in [0.29, 0.717) is 22.2 Å². The van der Waals surface area contributed by atoms with Crippen LogP contribution in [0.15, 0.2) is 28.3 Å². The van der Waals surface area contributed by atoms with Crippen molar-refractivity contribution in [2.24, 2.45) is 0 Å². The van der Waals surface area contributed by atoms with E-state index < -0.39 is 5.97 Å². The first-order chi connectivity index (χ1) is 11.2. The fourth-order valence-corrected chi connectivity index (χ4v) is 2.78. The summed E-state index contributed by atoms with van der Waals surface area (Å²) in [6.07, 6.45) is 3.19. The number of carboxylic acid groups (broad SMARTS) is 1. The number of benzene rings is 1. The van der Waals surface area contributed by atoms with E-state index >= 15 is 0 Å². The van der Waals surface area contributed by atoms with Crippen molar-refractivity contribution in [1.82, 2.24) is 15.2 Å². The number of aromatic nitrogens is 3. The van der Waals surface area contributed by atoms with Gasteiger partial charge in [-0.15, -0.1) is 5.10 Å². The van der Waals surface area contributed by atoms with Crippen molar-refractivity contribution in [2.75, 3.05) is 6.79 Å². The third kappa shape index (κ3) is 3.65. The Hall–Kier alpha value is -2.48. The summed E-state index contributed by atoms with van der Waals surface area (Å²) in [5, 5.41) is 18.5. The predicted molar refractivity (Wildman–Crippen MR) is 81.8 cm³/mol. The molecule has 1 aliphatic rings. The van der Waals surface area contributed by atoms with Crippen molar-refractivity contribution in [3.05, 3.63) is 34.5 Å². The molecular weight excluding hydrogens is 318 g/mol. The molecule has 7 nitrogen and oxygen atoms in total. The summed E-state index contributed by atoms with van der Waals surface area (Å²) in [7, 11) is 0. The Bertz CT molecular complexity index is 757. The molecule has 0 saturated heterocycles. The highest BCUT2D eigenvalue weighted by Gasteiger charge is 2.14. The van der Waals surface area contributed by atoms with Crippen LogP contribution in [0.2, 0.25) is 0 Å². The lowest BCUT2D eigenvalue weighted by Gasteiger charge is -2.06. The minimum absolute atomic E-state index is 0.0194. The van der Waals surface area contributed by atoms with Gasteiger partial charge in [0, 0.05) is 11.3 Å². The fraction of sp³-hybridized carbons (Fsp3) is 0.267. The van der Waals surface area contributed by atoms with Crippen LogP contribution in [0.5, 0.6) is 11.5 Å². The molecule has 0 atom stereocenters.